The Hall–Kier alpha value is -0.390. The van der Waals surface area contributed by atoms with Gasteiger partial charge in [0.15, 0.2) is 0 Å². The summed E-state index contributed by atoms with van der Waals surface area (Å²) < 4.78 is 1.10. The molecule has 0 aromatic carbocycles. The van der Waals surface area contributed by atoms with Crippen molar-refractivity contribution in [3.8, 4) is 0 Å². The third-order valence-electron chi connectivity index (χ3n) is 1.78. The van der Waals surface area contributed by atoms with E-state index in [1.54, 1.807) is 11.3 Å². The van der Waals surface area contributed by atoms with E-state index in [2.05, 4.69) is 26.6 Å². The minimum Gasteiger partial charge on any atom is -0.350 e. The Labute approximate surface area is 109 Å². The van der Waals surface area contributed by atoms with Crippen LogP contribution in [-0.4, -0.2) is 18.0 Å². The van der Waals surface area contributed by atoms with Crippen LogP contribution in [0.5, 0.6) is 0 Å². The van der Waals surface area contributed by atoms with E-state index in [0.29, 0.717) is 6.54 Å². The molecule has 16 heavy (non-hydrogen) atoms. The summed E-state index contributed by atoms with van der Waals surface area (Å²) >= 11 is 5.13. The average molecular weight is 305 g/mol. The highest BCUT2D eigenvalue weighted by atomic mass is 79.9. The lowest BCUT2D eigenvalue weighted by Gasteiger charge is -2.20. The van der Waals surface area contributed by atoms with Gasteiger partial charge in [-0.3, -0.25) is 4.79 Å². The zero-order valence-electron chi connectivity index (χ0n) is 9.76. The highest BCUT2D eigenvalue weighted by Crippen LogP contribution is 2.21. The lowest BCUT2D eigenvalue weighted by atomic mass is 10.1. The molecule has 0 saturated carbocycles. The van der Waals surface area contributed by atoms with Crippen LogP contribution < -0.4 is 10.6 Å². The molecule has 0 atom stereocenters. The third-order valence-corrected chi connectivity index (χ3v) is 3.70. The first-order valence-electron chi connectivity index (χ1n) is 5.12. The van der Waals surface area contributed by atoms with E-state index in [0.717, 1.165) is 11.0 Å². The molecule has 0 aliphatic carbocycles. The molecule has 0 radical (unpaired) electrons. The van der Waals surface area contributed by atoms with Crippen molar-refractivity contribution in [3.05, 3.63) is 20.8 Å². The minimum atomic E-state index is -0.164. The molecule has 0 bridgehead atoms. The summed E-state index contributed by atoms with van der Waals surface area (Å²) in [6.45, 7) is 6.99. The van der Waals surface area contributed by atoms with E-state index < -0.39 is 0 Å². The van der Waals surface area contributed by atoms with Gasteiger partial charge in [-0.1, -0.05) is 0 Å². The maximum absolute atomic E-state index is 11.5. The van der Waals surface area contributed by atoms with Gasteiger partial charge in [0.25, 0.3) is 0 Å². The molecule has 0 saturated heterocycles. The largest absolute Gasteiger partial charge is 0.350 e. The van der Waals surface area contributed by atoms with Gasteiger partial charge in [0.1, 0.15) is 0 Å². The van der Waals surface area contributed by atoms with Gasteiger partial charge >= 0.3 is 0 Å². The van der Waals surface area contributed by atoms with Gasteiger partial charge < -0.3 is 10.6 Å². The predicted molar refractivity (Wildman–Crippen MR) is 71.6 cm³/mol. The molecule has 1 aromatic heterocycles. The fourth-order valence-electron chi connectivity index (χ4n) is 1.20. The normalized spacial score (nSPS) is 11.5. The lowest BCUT2D eigenvalue weighted by Crippen LogP contribution is -2.44. The highest BCUT2D eigenvalue weighted by molar-refractivity contribution is 9.10. The first-order valence-corrected chi connectivity index (χ1v) is 6.79. The SMILES string of the molecule is CC(C)(C)NC(=O)CNCc1sccc1Br. The molecule has 1 aromatic rings. The number of rotatable bonds is 4. The Morgan fingerprint density at radius 3 is 2.69 bits per heavy atom. The van der Waals surface area contributed by atoms with Crippen LogP contribution in [0.2, 0.25) is 0 Å². The summed E-state index contributed by atoms with van der Waals surface area (Å²) in [6, 6.07) is 2.01. The van der Waals surface area contributed by atoms with Crippen LogP contribution in [0.1, 0.15) is 25.6 Å². The minimum absolute atomic E-state index is 0.0279. The Balaban J connectivity index is 2.26. The quantitative estimate of drug-likeness (QED) is 0.897. The summed E-state index contributed by atoms with van der Waals surface area (Å²) in [5.74, 6) is 0.0279. The van der Waals surface area contributed by atoms with Crippen LogP contribution in [0.3, 0.4) is 0 Å². The van der Waals surface area contributed by atoms with Crippen LogP contribution in [0.4, 0.5) is 0 Å². The van der Waals surface area contributed by atoms with Crippen molar-refractivity contribution >= 4 is 33.2 Å². The van der Waals surface area contributed by atoms with E-state index >= 15 is 0 Å². The van der Waals surface area contributed by atoms with Crippen LogP contribution in [0, 0.1) is 0 Å². The first kappa shape index (κ1) is 13.7. The van der Waals surface area contributed by atoms with E-state index in [1.807, 2.05) is 32.2 Å². The average Bonchev–Trinajstić information content (AvgIpc) is 2.48. The fraction of sp³-hybridized carbons (Fsp3) is 0.545. The van der Waals surface area contributed by atoms with Crippen LogP contribution in [0.25, 0.3) is 0 Å². The Kier molecular flexibility index (Phi) is 4.95. The van der Waals surface area contributed by atoms with Gasteiger partial charge in [-0.25, -0.2) is 0 Å². The molecule has 5 heteroatoms. The van der Waals surface area contributed by atoms with E-state index in [9.17, 15) is 4.79 Å². The van der Waals surface area contributed by atoms with Gasteiger partial charge in [-0.2, -0.15) is 0 Å². The van der Waals surface area contributed by atoms with Gasteiger partial charge in [0, 0.05) is 21.4 Å². The smallest absolute Gasteiger partial charge is 0.234 e. The Bertz CT molecular complexity index is 357. The van der Waals surface area contributed by atoms with Crippen molar-refractivity contribution in [2.75, 3.05) is 6.54 Å². The Morgan fingerprint density at radius 2 is 2.19 bits per heavy atom. The molecule has 1 amide bonds. The van der Waals surface area contributed by atoms with Gasteiger partial charge in [0.05, 0.1) is 6.54 Å². The number of carbonyl (C=O) groups excluding carboxylic acids is 1. The number of thiophene rings is 1. The summed E-state index contributed by atoms with van der Waals surface area (Å²) in [5, 5.41) is 8.05. The molecule has 1 heterocycles. The van der Waals surface area contributed by atoms with E-state index in [4.69, 9.17) is 0 Å². The maximum atomic E-state index is 11.5. The highest BCUT2D eigenvalue weighted by Gasteiger charge is 2.13. The van der Waals surface area contributed by atoms with Crippen molar-refractivity contribution in [3.63, 3.8) is 0 Å². The second-order valence-electron chi connectivity index (χ2n) is 4.59. The third kappa shape index (κ3) is 5.09. The molecule has 0 spiro atoms. The number of nitrogens with one attached hydrogen (secondary N) is 2. The number of hydrogen-bond donors (Lipinski definition) is 2. The predicted octanol–water partition coefficient (Wildman–Crippen LogP) is 2.51. The number of amides is 1. The molecular formula is C11H17BrN2OS. The summed E-state index contributed by atoms with van der Waals surface area (Å²) in [6.07, 6.45) is 0. The second-order valence-corrected chi connectivity index (χ2v) is 6.45. The molecule has 3 nitrogen and oxygen atoms in total. The van der Waals surface area contributed by atoms with Gasteiger partial charge in [-0.05, 0) is 48.1 Å². The van der Waals surface area contributed by atoms with E-state index in [1.165, 1.54) is 4.88 Å². The maximum Gasteiger partial charge on any atom is 0.234 e. The Morgan fingerprint density at radius 1 is 1.50 bits per heavy atom. The first-order chi connectivity index (χ1) is 7.38. The summed E-state index contributed by atoms with van der Waals surface area (Å²) in [4.78, 5) is 12.7. The van der Waals surface area contributed by atoms with Crippen molar-refractivity contribution in [2.24, 2.45) is 0 Å². The number of halogens is 1. The molecule has 0 fully saturated rings. The van der Waals surface area contributed by atoms with Crippen LogP contribution in [-0.2, 0) is 11.3 Å². The molecule has 1 rings (SSSR count). The molecule has 0 unspecified atom stereocenters. The molecule has 0 aliphatic heterocycles. The zero-order chi connectivity index (χ0) is 12.2. The summed E-state index contributed by atoms with van der Waals surface area (Å²) in [7, 11) is 0. The van der Waals surface area contributed by atoms with Crippen molar-refractivity contribution in [1.82, 2.24) is 10.6 Å². The van der Waals surface area contributed by atoms with Crippen LogP contribution >= 0.6 is 27.3 Å². The van der Waals surface area contributed by atoms with Crippen LogP contribution in [0.15, 0.2) is 15.9 Å². The molecule has 2 N–H and O–H groups in total. The zero-order valence-corrected chi connectivity index (χ0v) is 12.2. The van der Waals surface area contributed by atoms with Gasteiger partial charge in [-0.15, -0.1) is 11.3 Å². The van der Waals surface area contributed by atoms with Gasteiger partial charge in [0.2, 0.25) is 5.91 Å². The topological polar surface area (TPSA) is 41.1 Å². The number of carbonyl (C=O) groups is 1. The molecule has 90 valence electrons. The standard InChI is InChI=1S/C11H17BrN2OS/c1-11(2,3)14-10(15)7-13-6-9-8(12)4-5-16-9/h4-5,13H,6-7H2,1-3H3,(H,14,15). The van der Waals surface area contributed by atoms with E-state index in [-0.39, 0.29) is 11.4 Å². The molecule has 0 aliphatic rings. The van der Waals surface area contributed by atoms with Crippen molar-refractivity contribution in [1.29, 1.82) is 0 Å². The monoisotopic (exact) mass is 304 g/mol. The van der Waals surface area contributed by atoms with Crippen molar-refractivity contribution < 1.29 is 4.79 Å². The molecular weight excluding hydrogens is 288 g/mol. The lowest BCUT2D eigenvalue weighted by molar-refractivity contribution is -0.121. The summed E-state index contributed by atoms with van der Waals surface area (Å²) in [5.41, 5.74) is -0.164. The number of hydrogen-bond acceptors (Lipinski definition) is 3. The fourth-order valence-corrected chi connectivity index (χ4v) is 2.67. The van der Waals surface area contributed by atoms with Crippen molar-refractivity contribution in [2.45, 2.75) is 32.9 Å². The second kappa shape index (κ2) is 5.80.